The number of nitrogens with zero attached hydrogens (tertiary/aromatic N) is 2. The van der Waals surface area contributed by atoms with Crippen LogP contribution < -0.4 is 0 Å². The first kappa shape index (κ1) is 25.4. The van der Waals surface area contributed by atoms with E-state index in [1.165, 1.54) is 27.8 Å². The van der Waals surface area contributed by atoms with Crippen molar-refractivity contribution in [3.63, 3.8) is 0 Å². The SMILES string of the molecule is [CH2-]c1c(C)c(C)c(C)c(C)c1-c1[c-]c(C(=O)O)nn1-c1c(C)c(C)c(C)c(C)c1C.[Y]. The molecule has 0 aliphatic heterocycles. The molecular weight excluding hydrogens is 461 g/mol. The van der Waals surface area contributed by atoms with Crippen molar-refractivity contribution in [1.29, 1.82) is 0 Å². The van der Waals surface area contributed by atoms with E-state index in [-0.39, 0.29) is 38.4 Å². The number of rotatable bonds is 3. The molecule has 1 heterocycles. The van der Waals surface area contributed by atoms with E-state index >= 15 is 0 Å². The van der Waals surface area contributed by atoms with Gasteiger partial charge < -0.3 is 9.90 Å². The number of hydrogen-bond donors (Lipinski definition) is 1. The fraction of sp³-hybridized carbons (Fsp3) is 0.346. The minimum absolute atomic E-state index is 0. The van der Waals surface area contributed by atoms with Crippen LogP contribution >= 0.6 is 0 Å². The number of carbonyl (C=O) groups is 1. The molecular formula is C26H30N2O2Y-2. The summed E-state index contributed by atoms with van der Waals surface area (Å²) in [6.07, 6.45) is 0. The predicted octanol–water partition coefficient (Wildman–Crippen LogP) is 5.99. The van der Waals surface area contributed by atoms with Gasteiger partial charge >= 0.3 is 0 Å². The summed E-state index contributed by atoms with van der Waals surface area (Å²) in [6.45, 7) is 23.1. The maximum Gasteiger partial charge on any atom is 0.249 e. The Kier molecular flexibility index (Phi) is 7.29. The monoisotopic (exact) mass is 491 g/mol. The topological polar surface area (TPSA) is 55.1 Å². The third-order valence-corrected chi connectivity index (χ3v) is 7.08. The van der Waals surface area contributed by atoms with Crippen molar-refractivity contribution in [3.05, 3.63) is 74.3 Å². The standard InChI is InChI=1S/C26H30N2O2.Y/c1-12-14(3)18(7)24(19(8)15(12)4)23-11-22(26(29)30)27-28(23)25-20(9)16(5)13(2)17(6)21(25)10;/h7H2,1-6,8-10H3,(H,29,30);/q-2;. The van der Waals surface area contributed by atoms with Crippen molar-refractivity contribution < 1.29 is 42.6 Å². The van der Waals surface area contributed by atoms with Gasteiger partial charge in [0.2, 0.25) is 5.97 Å². The van der Waals surface area contributed by atoms with Gasteiger partial charge in [0, 0.05) is 32.7 Å². The Bertz CT molecular complexity index is 1070. The van der Waals surface area contributed by atoms with Gasteiger partial charge in [-0.15, -0.1) is 22.8 Å². The Morgan fingerprint density at radius 2 is 1.19 bits per heavy atom. The predicted molar refractivity (Wildman–Crippen MR) is 122 cm³/mol. The van der Waals surface area contributed by atoms with Gasteiger partial charge in [-0.1, -0.05) is 31.9 Å². The van der Waals surface area contributed by atoms with Gasteiger partial charge in [0.25, 0.3) is 0 Å². The van der Waals surface area contributed by atoms with Crippen LogP contribution in [0.3, 0.4) is 0 Å². The van der Waals surface area contributed by atoms with Gasteiger partial charge in [-0.3, -0.25) is 4.68 Å². The summed E-state index contributed by atoms with van der Waals surface area (Å²) in [5.74, 6) is -1.09. The Balaban J connectivity index is 0.00000341. The summed E-state index contributed by atoms with van der Waals surface area (Å²) >= 11 is 0. The van der Waals surface area contributed by atoms with E-state index < -0.39 is 5.97 Å². The second kappa shape index (κ2) is 8.92. The Morgan fingerprint density at radius 1 is 0.774 bits per heavy atom. The summed E-state index contributed by atoms with van der Waals surface area (Å²) in [5, 5.41) is 14.2. The molecule has 2 aromatic carbocycles. The molecule has 0 bridgehead atoms. The minimum Gasteiger partial charge on any atom is -0.533 e. The molecule has 1 aromatic heterocycles. The molecule has 31 heavy (non-hydrogen) atoms. The molecule has 5 heteroatoms. The average Bonchev–Trinajstić information content (AvgIpc) is 3.13. The number of benzene rings is 2. The molecule has 0 unspecified atom stereocenters. The van der Waals surface area contributed by atoms with E-state index in [0.29, 0.717) is 5.69 Å². The van der Waals surface area contributed by atoms with Crippen LogP contribution in [0.5, 0.6) is 0 Å². The van der Waals surface area contributed by atoms with Crippen molar-refractivity contribution >= 4 is 5.97 Å². The minimum atomic E-state index is -1.09. The number of carboxylic acids is 1. The fourth-order valence-electron chi connectivity index (χ4n) is 4.28. The maximum absolute atomic E-state index is 11.8. The zero-order valence-electron chi connectivity index (χ0n) is 20.0. The molecule has 0 fully saturated rings. The summed E-state index contributed by atoms with van der Waals surface area (Å²) in [6, 6.07) is 3.07. The fourth-order valence-corrected chi connectivity index (χ4v) is 4.28. The zero-order chi connectivity index (χ0) is 22.7. The van der Waals surface area contributed by atoms with E-state index in [1.54, 1.807) is 4.68 Å². The quantitative estimate of drug-likeness (QED) is 0.458. The molecule has 0 amide bonds. The van der Waals surface area contributed by atoms with E-state index in [4.69, 9.17) is 0 Å². The largest absolute Gasteiger partial charge is 0.533 e. The number of carboxylic acid groups (broad SMARTS) is 1. The van der Waals surface area contributed by atoms with Crippen molar-refractivity contribution in [1.82, 2.24) is 9.78 Å². The second-order valence-corrected chi connectivity index (χ2v) is 8.37. The van der Waals surface area contributed by atoms with Crippen LogP contribution in [0.15, 0.2) is 0 Å². The molecule has 0 saturated carbocycles. The van der Waals surface area contributed by atoms with Crippen LogP contribution in [0.2, 0.25) is 0 Å². The molecule has 3 rings (SSSR count). The van der Waals surface area contributed by atoms with Crippen LogP contribution in [0.1, 0.15) is 66.1 Å². The summed E-state index contributed by atoms with van der Waals surface area (Å²) in [7, 11) is 0. The summed E-state index contributed by atoms with van der Waals surface area (Å²) in [4.78, 5) is 11.8. The van der Waals surface area contributed by atoms with Crippen LogP contribution in [0.25, 0.3) is 16.9 Å². The van der Waals surface area contributed by atoms with E-state index in [0.717, 1.165) is 39.1 Å². The molecule has 0 saturated heterocycles. The van der Waals surface area contributed by atoms with Gasteiger partial charge in [-0.05, 0) is 75.1 Å². The Labute approximate surface area is 211 Å². The molecule has 1 radical (unpaired) electrons. The summed E-state index contributed by atoms with van der Waals surface area (Å²) < 4.78 is 1.76. The van der Waals surface area contributed by atoms with E-state index in [2.05, 4.69) is 80.4 Å². The molecule has 0 spiro atoms. The van der Waals surface area contributed by atoms with Crippen LogP contribution in [0.4, 0.5) is 0 Å². The van der Waals surface area contributed by atoms with Gasteiger partial charge in [0.1, 0.15) is 0 Å². The van der Waals surface area contributed by atoms with Crippen molar-refractivity contribution in [2.24, 2.45) is 0 Å². The van der Waals surface area contributed by atoms with Gasteiger partial charge in [0.05, 0.1) is 11.4 Å². The number of aromatic nitrogens is 2. The van der Waals surface area contributed by atoms with Gasteiger partial charge in [-0.2, -0.15) is 17.6 Å². The number of hydrogen-bond acceptors (Lipinski definition) is 2. The van der Waals surface area contributed by atoms with Gasteiger partial charge in [-0.25, -0.2) is 0 Å². The molecule has 1 N–H and O–H groups in total. The molecule has 0 atom stereocenters. The average molecular weight is 491 g/mol. The van der Waals surface area contributed by atoms with Gasteiger partial charge in [0.15, 0.2) is 0 Å². The molecule has 4 nitrogen and oxygen atoms in total. The maximum atomic E-state index is 11.8. The van der Waals surface area contributed by atoms with Crippen molar-refractivity contribution in [2.75, 3.05) is 0 Å². The smallest absolute Gasteiger partial charge is 0.249 e. The molecule has 161 valence electrons. The first-order chi connectivity index (χ1) is 13.9. The molecule has 0 aliphatic carbocycles. The van der Waals surface area contributed by atoms with Crippen molar-refractivity contribution in [2.45, 2.75) is 62.3 Å². The first-order valence-corrected chi connectivity index (χ1v) is 10.2. The normalized spacial score (nSPS) is 10.9. The van der Waals surface area contributed by atoms with E-state index in [1.807, 2.05) is 0 Å². The first-order valence-electron chi connectivity index (χ1n) is 10.2. The molecule has 0 aliphatic rings. The van der Waals surface area contributed by atoms with Crippen LogP contribution in [0, 0.1) is 75.3 Å². The van der Waals surface area contributed by atoms with Crippen molar-refractivity contribution in [3.8, 4) is 16.9 Å². The Morgan fingerprint density at radius 3 is 1.68 bits per heavy atom. The third kappa shape index (κ3) is 3.89. The zero-order valence-corrected chi connectivity index (χ0v) is 22.9. The van der Waals surface area contributed by atoms with Crippen LogP contribution in [-0.2, 0) is 32.7 Å². The van der Waals surface area contributed by atoms with Crippen LogP contribution in [-0.4, -0.2) is 20.9 Å². The second-order valence-electron chi connectivity index (χ2n) is 8.37. The third-order valence-electron chi connectivity index (χ3n) is 7.08. The summed E-state index contributed by atoms with van der Waals surface area (Å²) in [5.41, 5.74) is 13.7. The number of aromatic carboxylic acids is 1. The molecule has 3 aromatic rings. The van der Waals surface area contributed by atoms with E-state index in [9.17, 15) is 9.90 Å². The Hall–Kier alpha value is -1.91.